The van der Waals surface area contributed by atoms with Crippen molar-refractivity contribution in [3.05, 3.63) is 223 Å². The van der Waals surface area contributed by atoms with Crippen molar-refractivity contribution in [3.8, 4) is 33.4 Å². The van der Waals surface area contributed by atoms with E-state index in [9.17, 15) is 0 Å². The van der Waals surface area contributed by atoms with Gasteiger partial charge in [-0.3, -0.25) is 0 Å². The highest BCUT2D eigenvalue weighted by atomic mass is 16.3. The number of hydrogen-bond acceptors (Lipinski definition) is 2. The van der Waals surface area contributed by atoms with Crippen molar-refractivity contribution in [2.75, 3.05) is 4.90 Å². The fraction of sp³-hybridized carbons (Fsp3) is 0.0492. The van der Waals surface area contributed by atoms with Gasteiger partial charge >= 0.3 is 0 Å². The quantitative estimate of drug-likeness (QED) is 0.161. The Morgan fingerprint density at radius 3 is 1.62 bits per heavy atom. The van der Waals surface area contributed by atoms with Crippen LogP contribution in [-0.2, 0) is 5.41 Å². The van der Waals surface area contributed by atoms with Gasteiger partial charge < -0.3 is 9.32 Å². The molecule has 1 aromatic heterocycles. The third kappa shape index (κ3) is 5.31. The average Bonchev–Trinajstić information content (AvgIpc) is 3.83. The first kappa shape index (κ1) is 35.8. The Morgan fingerprint density at radius 1 is 0.365 bits per heavy atom. The highest BCUT2D eigenvalue weighted by Crippen LogP contribution is 2.53. The Balaban J connectivity index is 1.10. The normalized spacial score (nSPS) is 13.0. The Hall–Kier alpha value is -7.94. The summed E-state index contributed by atoms with van der Waals surface area (Å²) in [5.41, 5.74) is 14.9. The minimum Gasteiger partial charge on any atom is -0.456 e. The molecule has 0 bridgehead atoms. The van der Waals surface area contributed by atoms with Crippen molar-refractivity contribution in [1.82, 2.24) is 0 Å². The Labute approximate surface area is 365 Å². The minimum atomic E-state index is -0.170. The van der Waals surface area contributed by atoms with E-state index in [1.54, 1.807) is 0 Å². The van der Waals surface area contributed by atoms with Gasteiger partial charge in [-0.1, -0.05) is 172 Å². The predicted molar refractivity (Wildman–Crippen MR) is 267 cm³/mol. The number of hydrogen-bond donors (Lipinski definition) is 0. The summed E-state index contributed by atoms with van der Waals surface area (Å²) in [6.45, 7) is 4.73. The lowest BCUT2D eigenvalue weighted by molar-refractivity contribution is 0.660. The van der Waals surface area contributed by atoms with Crippen molar-refractivity contribution < 1.29 is 4.42 Å². The van der Waals surface area contributed by atoms with Gasteiger partial charge in [0.05, 0.1) is 5.69 Å². The molecule has 0 radical (unpaired) electrons. The molecule has 1 heterocycles. The molecule has 0 aliphatic heterocycles. The molecular formula is C61H41NO. The SMILES string of the molecule is CC1(C)c2ccccc2-c2ccc(N(c3ccc(-c4cc5ccccc5c5ccccc45)cc3)c3ccc4oc5ccccc5c4c3-c3cc4ccccc4c4ccccc34)cc21. The topological polar surface area (TPSA) is 16.4 Å². The number of nitrogens with zero attached hydrogens (tertiary/aromatic N) is 1. The van der Waals surface area contributed by atoms with Crippen LogP contribution in [0.2, 0.25) is 0 Å². The first-order valence-electron chi connectivity index (χ1n) is 21.9. The summed E-state index contributed by atoms with van der Waals surface area (Å²) >= 11 is 0. The molecule has 0 spiro atoms. The average molecular weight is 804 g/mol. The minimum absolute atomic E-state index is 0.170. The summed E-state index contributed by atoms with van der Waals surface area (Å²) < 4.78 is 6.70. The fourth-order valence-electron chi connectivity index (χ4n) is 10.9. The second-order valence-corrected chi connectivity index (χ2v) is 17.6. The summed E-state index contributed by atoms with van der Waals surface area (Å²) in [5.74, 6) is 0. The molecule has 0 N–H and O–H groups in total. The number of anilines is 3. The van der Waals surface area contributed by atoms with E-state index in [0.717, 1.165) is 44.6 Å². The second-order valence-electron chi connectivity index (χ2n) is 17.6. The van der Waals surface area contributed by atoms with Crippen molar-refractivity contribution >= 4 is 82.1 Å². The molecule has 0 atom stereocenters. The molecule has 11 aromatic carbocycles. The number of furan rings is 1. The molecular weight excluding hydrogens is 763 g/mol. The molecule has 1 aliphatic rings. The summed E-state index contributed by atoms with van der Waals surface area (Å²) in [4.78, 5) is 2.49. The van der Waals surface area contributed by atoms with Gasteiger partial charge in [0, 0.05) is 33.1 Å². The zero-order valence-electron chi connectivity index (χ0n) is 35.1. The number of rotatable bonds is 5. The number of benzene rings is 11. The third-order valence-corrected chi connectivity index (χ3v) is 13.8. The van der Waals surface area contributed by atoms with E-state index in [2.05, 4.69) is 231 Å². The van der Waals surface area contributed by atoms with E-state index in [4.69, 9.17) is 4.42 Å². The van der Waals surface area contributed by atoms with E-state index in [1.165, 1.54) is 82.0 Å². The largest absolute Gasteiger partial charge is 0.456 e. The highest BCUT2D eigenvalue weighted by Gasteiger charge is 2.36. The van der Waals surface area contributed by atoms with Gasteiger partial charge in [-0.25, -0.2) is 0 Å². The maximum Gasteiger partial charge on any atom is 0.136 e. The molecule has 0 fully saturated rings. The van der Waals surface area contributed by atoms with Crippen LogP contribution in [0.15, 0.2) is 217 Å². The Kier molecular flexibility index (Phi) is 7.68. The fourth-order valence-corrected chi connectivity index (χ4v) is 10.9. The summed E-state index contributed by atoms with van der Waals surface area (Å²) in [6, 6.07) is 78.1. The van der Waals surface area contributed by atoms with E-state index < -0.39 is 0 Å². The summed E-state index contributed by atoms with van der Waals surface area (Å²) in [7, 11) is 0. The molecule has 63 heavy (non-hydrogen) atoms. The molecule has 12 aromatic rings. The van der Waals surface area contributed by atoms with Crippen LogP contribution in [-0.4, -0.2) is 0 Å². The summed E-state index contributed by atoms with van der Waals surface area (Å²) in [6.07, 6.45) is 0. The van der Waals surface area contributed by atoms with Crippen LogP contribution in [0, 0.1) is 0 Å². The zero-order chi connectivity index (χ0) is 41.8. The van der Waals surface area contributed by atoms with Crippen LogP contribution in [0.5, 0.6) is 0 Å². The lowest BCUT2D eigenvalue weighted by Gasteiger charge is -2.30. The van der Waals surface area contributed by atoms with Crippen LogP contribution >= 0.6 is 0 Å². The van der Waals surface area contributed by atoms with Crippen LogP contribution in [0.1, 0.15) is 25.0 Å². The molecule has 0 unspecified atom stereocenters. The maximum atomic E-state index is 6.70. The van der Waals surface area contributed by atoms with Gasteiger partial charge in [0.15, 0.2) is 0 Å². The Morgan fingerprint density at radius 2 is 0.905 bits per heavy atom. The summed E-state index contributed by atoms with van der Waals surface area (Å²) in [5, 5.41) is 12.1. The highest BCUT2D eigenvalue weighted by molar-refractivity contribution is 6.23. The third-order valence-electron chi connectivity index (χ3n) is 13.8. The molecule has 2 nitrogen and oxygen atoms in total. The van der Waals surface area contributed by atoms with E-state index in [1.807, 2.05) is 0 Å². The van der Waals surface area contributed by atoms with Crippen molar-refractivity contribution in [1.29, 1.82) is 0 Å². The van der Waals surface area contributed by atoms with Crippen LogP contribution < -0.4 is 4.90 Å². The first-order valence-corrected chi connectivity index (χ1v) is 21.9. The molecule has 296 valence electrons. The lowest BCUT2D eigenvalue weighted by atomic mass is 9.82. The first-order chi connectivity index (χ1) is 31.0. The van der Waals surface area contributed by atoms with Gasteiger partial charge in [0.1, 0.15) is 11.2 Å². The molecule has 13 rings (SSSR count). The number of fused-ring (bicyclic) bond motifs is 12. The second kappa shape index (κ2) is 13.5. The zero-order valence-corrected chi connectivity index (χ0v) is 35.1. The van der Waals surface area contributed by atoms with Crippen LogP contribution in [0.25, 0.3) is 98.4 Å². The van der Waals surface area contributed by atoms with E-state index in [-0.39, 0.29) is 5.41 Å². The monoisotopic (exact) mass is 803 g/mol. The van der Waals surface area contributed by atoms with Crippen LogP contribution in [0.4, 0.5) is 17.1 Å². The molecule has 0 amide bonds. The molecule has 2 heteroatoms. The van der Waals surface area contributed by atoms with Crippen LogP contribution in [0.3, 0.4) is 0 Å². The molecule has 0 saturated heterocycles. The van der Waals surface area contributed by atoms with Gasteiger partial charge in [-0.15, -0.1) is 0 Å². The van der Waals surface area contributed by atoms with Gasteiger partial charge in [-0.05, 0) is 137 Å². The van der Waals surface area contributed by atoms with Gasteiger partial charge in [0.2, 0.25) is 0 Å². The van der Waals surface area contributed by atoms with E-state index in [0.29, 0.717) is 0 Å². The predicted octanol–water partition coefficient (Wildman–Crippen LogP) is 17.3. The van der Waals surface area contributed by atoms with Gasteiger partial charge in [-0.2, -0.15) is 0 Å². The van der Waals surface area contributed by atoms with Crippen molar-refractivity contribution in [3.63, 3.8) is 0 Å². The van der Waals surface area contributed by atoms with Gasteiger partial charge in [0.25, 0.3) is 0 Å². The van der Waals surface area contributed by atoms with Crippen molar-refractivity contribution in [2.24, 2.45) is 0 Å². The maximum absolute atomic E-state index is 6.70. The molecule has 1 aliphatic carbocycles. The smallest absolute Gasteiger partial charge is 0.136 e. The Bertz CT molecular complexity index is 3830. The molecule has 0 saturated carbocycles. The lowest BCUT2D eigenvalue weighted by Crippen LogP contribution is -2.17. The van der Waals surface area contributed by atoms with E-state index >= 15 is 0 Å². The van der Waals surface area contributed by atoms with Crippen molar-refractivity contribution in [2.45, 2.75) is 19.3 Å². The number of para-hydroxylation sites is 1. The standard InChI is InChI=1S/C61H41NO/c1-61(2)54-25-13-11-23-49(54)50-32-31-42(37-55(50)61)62(41-29-27-38(28-30-41)52-35-39-15-3-5-17-43(39)45-19-7-9-21-47(45)52)56-33-34-58-60(51-24-12-14-26-57(51)63-58)59(56)53-36-40-16-4-6-18-44(40)46-20-8-10-22-48(46)53/h3-37H,1-2H3.